The van der Waals surface area contributed by atoms with E-state index in [2.05, 4.69) is 53.5 Å². The molecule has 2 aliphatic heterocycles. The fourth-order valence-electron chi connectivity index (χ4n) is 8.54. The van der Waals surface area contributed by atoms with Crippen molar-refractivity contribution < 1.29 is 42.6 Å². The normalized spacial score (nSPS) is 45.8. The van der Waals surface area contributed by atoms with Gasteiger partial charge in [0.25, 0.3) is 0 Å². The van der Waals surface area contributed by atoms with Crippen LogP contribution in [-0.2, 0) is 32.7 Å². The summed E-state index contributed by atoms with van der Waals surface area (Å²) in [5, 5.41) is 12.1. The first-order valence-corrected chi connectivity index (χ1v) is 21.4. The highest BCUT2D eigenvalue weighted by Crippen LogP contribution is 2.66. The van der Waals surface area contributed by atoms with Crippen LogP contribution in [0.25, 0.3) is 0 Å². The van der Waals surface area contributed by atoms with Gasteiger partial charge in [0, 0.05) is 30.1 Å². The van der Waals surface area contributed by atoms with Gasteiger partial charge in [-0.05, 0) is 50.6 Å². The molecule has 0 amide bonds. The molecule has 2 unspecified atom stereocenters. The molecule has 9 nitrogen and oxygen atoms in total. The summed E-state index contributed by atoms with van der Waals surface area (Å²) in [4.78, 5) is 42.7. The topological polar surface area (TPSA) is 118 Å². The lowest BCUT2D eigenvalue weighted by atomic mass is 9.42. The van der Waals surface area contributed by atoms with Gasteiger partial charge in [-0.15, -0.1) is 0 Å². The van der Waals surface area contributed by atoms with E-state index >= 15 is 0 Å². The first kappa shape index (κ1) is 31.3. The quantitative estimate of drug-likeness (QED) is 0.270. The fraction of sp³-hybridized carbons (Fsp3) is 0.900. The molecule has 1 N–H and O–H groups in total. The molecule has 5 fully saturated rings. The molecule has 232 valence electrons. The summed E-state index contributed by atoms with van der Waals surface area (Å²) in [6, 6.07) is 0. The summed E-state index contributed by atoms with van der Waals surface area (Å²) in [5.74, 6) is -3.13. The van der Waals surface area contributed by atoms with Crippen LogP contribution in [0.5, 0.6) is 0 Å². The number of ketones is 2. The zero-order valence-electron chi connectivity index (χ0n) is 26.9. The minimum absolute atomic E-state index is 0.0224. The molecule has 5 aliphatic rings. The van der Waals surface area contributed by atoms with Crippen molar-refractivity contribution in [1.82, 2.24) is 0 Å². The van der Waals surface area contributed by atoms with E-state index in [0.717, 1.165) is 0 Å². The van der Waals surface area contributed by atoms with Crippen LogP contribution in [0.15, 0.2) is 0 Å². The molecule has 0 aromatic carbocycles. The minimum atomic E-state index is -2.46. The maximum atomic E-state index is 14.8. The third-order valence-corrected chi connectivity index (χ3v) is 17.3. The maximum Gasteiger partial charge on any atom is 0.509 e. The molecule has 11 heteroatoms. The molecule has 2 bridgehead atoms. The van der Waals surface area contributed by atoms with Gasteiger partial charge in [0.2, 0.25) is 11.6 Å². The zero-order valence-corrected chi connectivity index (χ0v) is 28.9. The van der Waals surface area contributed by atoms with Crippen molar-refractivity contribution in [3.05, 3.63) is 0 Å². The number of ether oxygens (including phenoxy) is 3. The standard InChI is InChI=1S/C30H50O9Si2/c1-16-17(38-40(8,9)10)14-30-24(36-25(33)37-30)22-28(7,23(32)21(31)20(16)27(30,5)6)18(13-19-29(22,34)15-35-19)39-41(11,12)26(2,3)4/h16-20,22,24,34H,13-15H2,1-12H3/t16?,17-,18-,19+,20?,22-,24-,28+,29-,30+/m0/s1. The summed E-state index contributed by atoms with van der Waals surface area (Å²) in [7, 11) is -4.57. The van der Waals surface area contributed by atoms with Crippen LogP contribution >= 0.6 is 0 Å². The Morgan fingerprint density at radius 1 is 1.00 bits per heavy atom. The van der Waals surface area contributed by atoms with Gasteiger partial charge in [-0.3, -0.25) is 9.59 Å². The number of carbonyl (C=O) groups is 3. The third kappa shape index (κ3) is 4.15. The number of rotatable bonds is 4. The van der Waals surface area contributed by atoms with Crippen molar-refractivity contribution >= 4 is 34.4 Å². The van der Waals surface area contributed by atoms with Crippen LogP contribution in [0.2, 0.25) is 37.8 Å². The van der Waals surface area contributed by atoms with Crippen molar-refractivity contribution in [3.63, 3.8) is 0 Å². The number of hydrogen-bond acceptors (Lipinski definition) is 9. The average molecular weight is 611 g/mol. The minimum Gasteiger partial charge on any atom is -0.426 e. The molecular weight excluding hydrogens is 560 g/mol. The van der Waals surface area contributed by atoms with E-state index in [0.29, 0.717) is 6.42 Å². The first-order valence-electron chi connectivity index (χ1n) is 15.1. The smallest absolute Gasteiger partial charge is 0.426 e. The van der Waals surface area contributed by atoms with Gasteiger partial charge in [0.05, 0.1) is 30.3 Å². The van der Waals surface area contributed by atoms with Crippen LogP contribution in [0.3, 0.4) is 0 Å². The molecule has 0 aromatic heterocycles. The van der Waals surface area contributed by atoms with Crippen LogP contribution in [-0.4, -0.2) is 81.7 Å². The summed E-state index contributed by atoms with van der Waals surface area (Å²) >= 11 is 0. The molecule has 1 spiro atoms. The van der Waals surface area contributed by atoms with E-state index in [4.69, 9.17) is 23.1 Å². The van der Waals surface area contributed by atoms with Gasteiger partial charge in [-0.2, -0.15) is 0 Å². The van der Waals surface area contributed by atoms with Gasteiger partial charge in [-0.25, -0.2) is 4.79 Å². The number of Topliss-reactive ketones (excluding diaryl/α,β-unsaturated/α-hetero) is 2. The Morgan fingerprint density at radius 3 is 2.12 bits per heavy atom. The zero-order chi connectivity index (χ0) is 30.9. The highest BCUT2D eigenvalue weighted by molar-refractivity contribution is 6.74. The molecule has 0 aromatic rings. The van der Waals surface area contributed by atoms with E-state index in [1.165, 1.54) is 0 Å². The number of aliphatic hydroxyl groups is 1. The fourth-order valence-corrected chi connectivity index (χ4v) is 11.2. The summed E-state index contributed by atoms with van der Waals surface area (Å²) in [6.45, 7) is 24.3. The lowest BCUT2D eigenvalue weighted by Gasteiger charge is -2.67. The molecule has 3 saturated carbocycles. The summed E-state index contributed by atoms with van der Waals surface area (Å²) in [5.41, 5.74) is -5.24. The Morgan fingerprint density at radius 2 is 1.61 bits per heavy atom. The second kappa shape index (κ2) is 8.97. The first-order chi connectivity index (χ1) is 18.4. The second-order valence-corrected chi connectivity index (χ2v) is 25.9. The van der Waals surface area contributed by atoms with Gasteiger partial charge in [0.15, 0.2) is 28.3 Å². The van der Waals surface area contributed by atoms with Crippen molar-refractivity contribution in [2.45, 2.75) is 135 Å². The third-order valence-electron chi connectivity index (χ3n) is 11.8. The Hall–Kier alpha value is -1.12. The Labute approximate surface area is 246 Å². The Bertz CT molecular complexity index is 1160. The van der Waals surface area contributed by atoms with Crippen molar-refractivity contribution in [3.8, 4) is 0 Å². The Kier molecular flexibility index (Phi) is 6.85. The number of fused-ring (bicyclic) bond motifs is 5. The lowest BCUT2D eigenvalue weighted by molar-refractivity contribution is -0.334. The van der Waals surface area contributed by atoms with Crippen LogP contribution in [0.4, 0.5) is 4.79 Å². The van der Waals surface area contributed by atoms with Crippen molar-refractivity contribution in [2.24, 2.45) is 28.6 Å². The van der Waals surface area contributed by atoms with E-state index in [-0.39, 0.29) is 24.0 Å². The molecule has 3 aliphatic carbocycles. The molecule has 2 heterocycles. The molecule has 41 heavy (non-hydrogen) atoms. The Balaban J connectivity index is 1.75. The van der Waals surface area contributed by atoms with E-state index in [9.17, 15) is 19.5 Å². The van der Waals surface area contributed by atoms with Crippen LogP contribution in [0.1, 0.15) is 61.3 Å². The predicted octanol–water partition coefficient (Wildman–Crippen LogP) is 4.86. The molecular formula is C30H50O9Si2. The largest absolute Gasteiger partial charge is 0.509 e. The van der Waals surface area contributed by atoms with Crippen molar-refractivity contribution in [1.29, 1.82) is 0 Å². The van der Waals surface area contributed by atoms with Gasteiger partial charge >= 0.3 is 6.16 Å². The average Bonchev–Trinajstić information content (AvgIpc) is 3.12. The molecule has 0 radical (unpaired) electrons. The summed E-state index contributed by atoms with van der Waals surface area (Å²) in [6.07, 6.45) is -3.03. The SMILES string of the molecule is CC1C2C(=O)C(=O)[C@]3(C)[C@@H](O[Si](C)(C)C(C)(C)C)C[C@H]4OC[C@@]4(O)[C@H]3[C@@H]3OC(=O)O[C@@]3(C[C@@H]1O[Si](C)(C)C)C2(C)C. The van der Waals surface area contributed by atoms with Gasteiger partial charge in [-0.1, -0.05) is 41.5 Å². The van der Waals surface area contributed by atoms with Crippen LogP contribution in [0, 0.1) is 28.6 Å². The maximum absolute atomic E-state index is 14.8. The van der Waals surface area contributed by atoms with E-state index in [1.54, 1.807) is 6.92 Å². The number of hydrogen-bond donors (Lipinski definition) is 1. The predicted molar refractivity (Wildman–Crippen MR) is 156 cm³/mol. The van der Waals surface area contributed by atoms with Gasteiger partial charge in [0.1, 0.15) is 5.60 Å². The van der Waals surface area contributed by atoms with Crippen molar-refractivity contribution in [2.75, 3.05) is 6.61 Å². The molecule has 5 rings (SSSR count). The molecule has 2 saturated heterocycles. The monoisotopic (exact) mass is 610 g/mol. The highest BCUT2D eigenvalue weighted by atomic mass is 28.4. The highest BCUT2D eigenvalue weighted by Gasteiger charge is 2.81. The molecule has 10 atom stereocenters. The van der Waals surface area contributed by atoms with Gasteiger partial charge < -0.3 is 28.2 Å². The number of carbonyl (C=O) groups excluding carboxylic acids is 3. The van der Waals surface area contributed by atoms with E-state index in [1.807, 2.05) is 20.8 Å². The lowest BCUT2D eigenvalue weighted by Crippen LogP contribution is -2.81. The van der Waals surface area contributed by atoms with Crippen LogP contribution < -0.4 is 0 Å². The second-order valence-electron chi connectivity index (χ2n) is 16.7. The van der Waals surface area contributed by atoms with E-state index < -0.39 is 92.6 Å². The summed E-state index contributed by atoms with van der Waals surface area (Å²) < 4.78 is 31.8.